The summed E-state index contributed by atoms with van der Waals surface area (Å²) in [7, 11) is 0. The van der Waals surface area contributed by atoms with E-state index in [9.17, 15) is 0 Å². The zero-order valence-electron chi connectivity index (χ0n) is 45.5. The van der Waals surface area contributed by atoms with E-state index in [0.29, 0.717) is 0 Å². The Hall–Kier alpha value is -10.1. The minimum Gasteiger partial charge on any atom is -0.310 e. The van der Waals surface area contributed by atoms with Crippen molar-refractivity contribution in [1.82, 2.24) is 0 Å². The maximum absolute atomic E-state index is 2.45. The standard InChI is InChI=1S/C79H54N2S/c1-79(2)74-49-61(41-44-69(74)70-45-42-62(50-75(70)79)81(58-17-4-3-5-18-58)76-25-14-16-55-15-6-7-19-63(55)76)80(60-39-33-54(34-40-60)56-35-43-68-66-22-9-8-20-64(66)65-21-10-11-23-67(65)72(68)47-56)59-37-31-52(32-38-59)51-27-29-53(30-28-51)57-36-46-78-73(48-57)71-24-12-13-26-77(71)82-78/h3-50H,1-2H3. The molecule has 386 valence electrons. The first-order valence-corrected chi connectivity index (χ1v) is 29.2. The number of benzene rings is 14. The van der Waals surface area contributed by atoms with Crippen molar-refractivity contribution in [3.05, 3.63) is 302 Å². The van der Waals surface area contributed by atoms with Crippen molar-refractivity contribution in [3.8, 4) is 44.5 Å². The Morgan fingerprint density at radius 1 is 0.256 bits per heavy atom. The van der Waals surface area contributed by atoms with Crippen molar-refractivity contribution in [3.63, 3.8) is 0 Å². The molecule has 0 unspecified atom stereocenters. The van der Waals surface area contributed by atoms with Gasteiger partial charge in [-0.15, -0.1) is 11.3 Å². The third-order valence-corrected chi connectivity index (χ3v) is 18.6. The molecule has 82 heavy (non-hydrogen) atoms. The van der Waals surface area contributed by atoms with E-state index < -0.39 is 0 Å². The van der Waals surface area contributed by atoms with Crippen LogP contribution >= 0.6 is 11.3 Å². The number of para-hydroxylation sites is 1. The van der Waals surface area contributed by atoms with Crippen LogP contribution in [0.4, 0.5) is 34.1 Å². The molecule has 0 amide bonds. The summed E-state index contributed by atoms with van der Waals surface area (Å²) < 4.78 is 2.66. The van der Waals surface area contributed by atoms with Gasteiger partial charge in [-0.1, -0.05) is 214 Å². The largest absolute Gasteiger partial charge is 0.310 e. The van der Waals surface area contributed by atoms with Gasteiger partial charge in [-0.05, 0) is 184 Å². The summed E-state index contributed by atoms with van der Waals surface area (Å²) in [6.07, 6.45) is 0. The van der Waals surface area contributed by atoms with Crippen molar-refractivity contribution >= 4 is 109 Å². The minimum atomic E-state index is -0.293. The number of hydrogen-bond acceptors (Lipinski definition) is 3. The van der Waals surface area contributed by atoms with Crippen LogP contribution in [-0.4, -0.2) is 0 Å². The summed E-state index contributed by atoms with van der Waals surface area (Å²) in [5, 5.41) is 12.8. The van der Waals surface area contributed by atoms with E-state index >= 15 is 0 Å². The van der Waals surface area contributed by atoms with E-state index in [0.717, 1.165) is 34.1 Å². The molecule has 1 aliphatic carbocycles. The van der Waals surface area contributed by atoms with Gasteiger partial charge in [0, 0.05) is 59.4 Å². The topological polar surface area (TPSA) is 6.48 Å². The number of fused-ring (bicyclic) bond motifs is 13. The third-order valence-electron chi connectivity index (χ3n) is 17.4. The normalized spacial score (nSPS) is 12.6. The Labute approximate surface area is 481 Å². The molecule has 0 fully saturated rings. The van der Waals surface area contributed by atoms with Gasteiger partial charge in [0.15, 0.2) is 0 Å². The smallest absolute Gasteiger partial charge is 0.0540 e. The molecule has 1 aromatic heterocycles. The molecule has 0 saturated carbocycles. The lowest BCUT2D eigenvalue weighted by Gasteiger charge is -2.29. The van der Waals surface area contributed by atoms with Crippen molar-refractivity contribution in [2.24, 2.45) is 0 Å². The molecule has 0 N–H and O–H groups in total. The average molecular weight is 1060 g/mol. The molecule has 2 nitrogen and oxygen atoms in total. The average Bonchev–Trinajstić information content (AvgIpc) is 3.45. The molecule has 0 spiro atoms. The monoisotopic (exact) mass is 1060 g/mol. The molecule has 3 heteroatoms. The Balaban J connectivity index is 0.775. The Morgan fingerprint density at radius 2 is 0.659 bits per heavy atom. The first-order chi connectivity index (χ1) is 40.4. The Kier molecular flexibility index (Phi) is 11.1. The molecule has 14 aromatic carbocycles. The van der Waals surface area contributed by atoms with Crippen LogP contribution in [0.2, 0.25) is 0 Å². The minimum absolute atomic E-state index is 0.293. The molecule has 1 heterocycles. The van der Waals surface area contributed by atoms with Gasteiger partial charge in [-0.3, -0.25) is 0 Å². The van der Waals surface area contributed by atoms with E-state index in [1.165, 1.54) is 119 Å². The summed E-state index contributed by atoms with van der Waals surface area (Å²) in [5.74, 6) is 0. The fraction of sp³-hybridized carbons (Fsp3) is 0.0380. The zero-order valence-corrected chi connectivity index (χ0v) is 46.3. The highest BCUT2D eigenvalue weighted by Crippen LogP contribution is 2.53. The molecular formula is C79H54N2S. The van der Waals surface area contributed by atoms with Gasteiger partial charge in [0.25, 0.3) is 0 Å². The van der Waals surface area contributed by atoms with E-state index in [2.05, 4.69) is 315 Å². The summed E-state index contributed by atoms with van der Waals surface area (Å²) >= 11 is 1.86. The summed E-state index contributed by atoms with van der Waals surface area (Å²) in [5.41, 5.74) is 18.8. The van der Waals surface area contributed by atoms with Gasteiger partial charge >= 0.3 is 0 Å². The predicted octanol–water partition coefficient (Wildman–Crippen LogP) is 22.9. The van der Waals surface area contributed by atoms with E-state index in [-0.39, 0.29) is 5.41 Å². The number of hydrogen-bond donors (Lipinski definition) is 0. The number of anilines is 6. The third kappa shape index (κ3) is 7.84. The molecule has 0 aliphatic heterocycles. The molecule has 1 aliphatic rings. The van der Waals surface area contributed by atoms with Crippen molar-refractivity contribution in [2.45, 2.75) is 19.3 Å². The maximum atomic E-state index is 2.45. The van der Waals surface area contributed by atoms with Gasteiger partial charge in [0.2, 0.25) is 0 Å². The van der Waals surface area contributed by atoms with Gasteiger partial charge in [0.05, 0.1) is 5.69 Å². The molecule has 16 rings (SSSR count). The number of nitrogens with zero attached hydrogens (tertiary/aromatic N) is 2. The number of thiophene rings is 1. The first-order valence-electron chi connectivity index (χ1n) is 28.4. The van der Waals surface area contributed by atoms with Crippen LogP contribution in [0.3, 0.4) is 0 Å². The zero-order chi connectivity index (χ0) is 54.5. The van der Waals surface area contributed by atoms with E-state index in [1.54, 1.807) is 0 Å². The van der Waals surface area contributed by atoms with Crippen LogP contribution in [-0.2, 0) is 5.41 Å². The number of rotatable bonds is 9. The van der Waals surface area contributed by atoms with Gasteiger partial charge < -0.3 is 9.80 Å². The molecule has 0 radical (unpaired) electrons. The molecule has 0 atom stereocenters. The van der Waals surface area contributed by atoms with Crippen molar-refractivity contribution in [1.29, 1.82) is 0 Å². The van der Waals surface area contributed by atoms with Crippen LogP contribution in [0.15, 0.2) is 291 Å². The van der Waals surface area contributed by atoms with Crippen LogP contribution in [0, 0.1) is 0 Å². The lowest BCUT2D eigenvalue weighted by molar-refractivity contribution is 0.660. The molecule has 0 saturated heterocycles. The van der Waals surface area contributed by atoms with E-state index in [4.69, 9.17) is 0 Å². The maximum Gasteiger partial charge on any atom is 0.0540 e. The van der Waals surface area contributed by atoms with Crippen molar-refractivity contribution in [2.75, 3.05) is 9.80 Å². The molecule has 15 aromatic rings. The van der Waals surface area contributed by atoms with Crippen LogP contribution in [0.5, 0.6) is 0 Å². The Bertz CT molecular complexity index is 4960. The summed E-state index contributed by atoms with van der Waals surface area (Å²) in [4.78, 5) is 4.86. The lowest BCUT2D eigenvalue weighted by atomic mass is 9.82. The SMILES string of the molecule is CC1(C)c2cc(N(c3ccc(-c4ccc(-c5ccc6sc7ccccc7c6c5)cc4)cc3)c3ccc(-c4ccc5c6ccccc6c6ccccc6c5c4)cc3)ccc2-c2ccc(N(c3ccccc3)c3cccc4ccccc34)cc21. The van der Waals surface area contributed by atoms with Gasteiger partial charge in [-0.25, -0.2) is 0 Å². The second kappa shape index (κ2) is 19.1. The second-order valence-corrected chi connectivity index (χ2v) is 23.5. The Morgan fingerprint density at radius 3 is 1.27 bits per heavy atom. The molecular weight excluding hydrogens is 1010 g/mol. The van der Waals surface area contributed by atoms with Crippen LogP contribution in [0.25, 0.3) is 108 Å². The lowest BCUT2D eigenvalue weighted by Crippen LogP contribution is -2.17. The highest BCUT2D eigenvalue weighted by Gasteiger charge is 2.37. The van der Waals surface area contributed by atoms with Crippen LogP contribution in [0.1, 0.15) is 25.0 Å². The fourth-order valence-corrected chi connectivity index (χ4v) is 14.4. The van der Waals surface area contributed by atoms with E-state index in [1.807, 2.05) is 11.3 Å². The fourth-order valence-electron chi connectivity index (χ4n) is 13.3. The highest BCUT2D eigenvalue weighted by molar-refractivity contribution is 7.25. The summed E-state index contributed by atoms with van der Waals surface area (Å²) in [6, 6.07) is 108. The van der Waals surface area contributed by atoms with Crippen LogP contribution < -0.4 is 9.80 Å². The van der Waals surface area contributed by atoms with Crippen molar-refractivity contribution < 1.29 is 0 Å². The first kappa shape index (κ1) is 47.9. The highest BCUT2D eigenvalue weighted by atomic mass is 32.1. The summed E-state index contributed by atoms with van der Waals surface area (Å²) in [6.45, 7) is 4.79. The van der Waals surface area contributed by atoms with Gasteiger partial charge in [-0.2, -0.15) is 0 Å². The second-order valence-electron chi connectivity index (χ2n) is 22.4. The quantitative estimate of drug-likeness (QED) is 0.133. The predicted molar refractivity (Wildman–Crippen MR) is 353 cm³/mol. The molecule has 0 bridgehead atoms. The van der Waals surface area contributed by atoms with Gasteiger partial charge in [0.1, 0.15) is 0 Å².